The van der Waals surface area contributed by atoms with E-state index < -0.39 is 11.4 Å². The molecule has 0 radical (unpaired) electrons. The van der Waals surface area contributed by atoms with Crippen molar-refractivity contribution in [3.05, 3.63) is 35.5 Å². The predicted molar refractivity (Wildman–Crippen MR) is 85.6 cm³/mol. The molecule has 0 heterocycles. The van der Waals surface area contributed by atoms with Crippen LogP contribution in [0.1, 0.15) is 11.1 Å². The van der Waals surface area contributed by atoms with Crippen LogP contribution in [0.2, 0.25) is 0 Å². The summed E-state index contributed by atoms with van der Waals surface area (Å²) < 4.78 is 19.7. The van der Waals surface area contributed by atoms with Crippen LogP contribution in [0.15, 0.2) is 29.3 Å². The van der Waals surface area contributed by atoms with Gasteiger partial charge >= 0.3 is 0 Å². The number of likely N-dealkylation sites (N-methyl/N-ethyl adjacent to an activating group) is 2. The Morgan fingerprint density at radius 3 is 2.52 bits per heavy atom. The van der Waals surface area contributed by atoms with E-state index in [-0.39, 0.29) is 5.75 Å². The highest BCUT2D eigenvalue weighted by molar-refractivity contribution is 7.89. The third-order valence-corrected chi connectivity index (χ3v) is 4.83. The lowest BCUT2D eigenvalue weighted by molar-refractivity contribution is 0.143. The minimum atomic E-state index is -1.27. The third kappa shape index (κ3) is 5.24. The quantitative estimate of drug-likeness (QED) is 0.565. The molecule has 1 rings (SSSR count). The molecule has 1 atom stereocenters. The van der Waals surface area contributed by atoms with Gasteiger partial charge in [0.05, 0.1) is 31.1 Å². The van der Waals surface area contributed by atoms with Crippen LogP contribution in [-0.4, -0.2) is 47.8 Å². The molecule has 118 valence electrons. The largest absolute Gasteiger partial charge is 0.593 e. The van der Waals surface area contributed by atoms with Crippen LogP contribution in [0, 0.1) is 13.8 Å². The molecule has 1 aromatic rings. The van der Waals surface area contributed by atoms with Crippen molar-refractivity contribution < 1.29 is 14.4 Å². The summed E-state index contributed by atoms with van der Waals surface area (Å²) in [5.74, 6) is 0.197. The topological polar surface area (TPSA) is 67.8 Å². The first-order valence-electron chi connectivity index (χ1n) is 6.73. The van der Waals surface area contributed by atoms with E-state index in [0.717, 1.165) is 21.7 Å². The number of hydrogen-bond donors (Lipinski definition) is 2. The fraction of sp³-hybridized carbons (Fsp3) is 0.467. The maximum Gasteiger partial charge on any atom is 0.180 e. The second kappa shape index (κ2) is 8.29. The van der Waals surface area contributed by atoms with Gasteiger partial charge in [0.1, 0.15) is 5.75 Å². The highest BCUT2D eigenvalue weighted by atomic mass is 32.2. The van der Waals surface area contributed by atoms with Gasteiger partial charge in [0.2, 0.25) is 0 Å². The standard InChI is InChI=1S/C15H24N2O3S/c1-11-8-14(18)9-12(2)15(11)21(19)17(5)6-7-20-10-13(3)16-4/h8-9,16,18H,3,6-7,10H2,1-2,4-5H3. The lowest BCUT2D eigenvalue weighted by atomic mass is 10.1. The van der Waals surface area contributed by atoms with E-state index in [4.69, 9.17) is 4.74 Å². The summed E-state index contributed by atoms with van der Waals surface area (Å²) in [7, 11) is 3.58. The Hall–Kier alpha value is -1.21. The summed E-state index contributed by atoms with van der Waals surface area (Å²) in [6, 6.07) is 3.25. The van der Waals surface area contributed by atoms with Crippen molar-refractivity contribution in [2.75, 3.05) is 33.9 Å². The predicted octanol–water partition coefficient (Wildman–Crippen LogP) is 1.71. The normalized spacial score (nSPS) is 12.5. The van der Waals surface area contributed by atoms with Gasteiger partial charge in [-0.05, 0) is 26.0 Å². The molecule has 1 aromatic carbocycles. The van der Waals surface area contributed by atoms with Crippen molar-refractivity contribution in [3.63, 3.8) is 0 Å². The Morgan fingerprint density at radius 2 is 2.00 bits per heavy atom. The molecular formula is C15H24N2O3S. The van der Waals surface area contributed by atoms with Crippen LogP contribution < -0.4 is 5.32 Å². The molecule has 0 fully saturated rings. The van der Waals surface area contributed by atoms with Crippen molar-refractivity contribution in [1.82, 2.24) is 9.62 Å². The molecule has 0 amide bonds. The zero-order chi connectivity index (χ0) is 16.0. The third-order valence-electron chi connectivity index (χ3n) is 3.08. The first kappa shape index (κ1) is 17.8. The summed E-state index contributed by atoms with van der Waals surface area (Å²) in [5, 5.41) is 12.4. The van der Waals surface area contributed by atoms with Gasteiger partial charge in [0.25, 0.3) is 0 Å². The maximum absolute atomic E-state index is 12.6. The van der Waals surface area contributed by atoms with Crippen LogP contribution in [0.5, 0.6) is 5.75 Å². The molecule has 0 aliphatic rings. The maximum atomic E-state index is 12.6. The average molecular weight is 312 g/mol. The lowest BCUT2D eigenvalue weighted by Crippen LogP contribution is -2.31. The molecular weight excluding hydrogens is 288 g/mol. The van der Waals surface area contributed by atoms with Gasteiger partial charge in [0, 0.05) is 30.9 Å². The Morgan fingerprint density at radius 1 is 1.43 bits per heavy atom. The number of nitrogens with one attached hydrogen (secondary N) is 1. The number of benzene rings is 1. The number of hydrogen-bond acceptors (Lipinski definition) is 5. The van der Waals surface area contributed by atoms with Crippen molar-refractivity contribution >= 4 is 11.4 Å². The lowest BCUT2D eigenvalue weighted by Gasteiger charge is -2.22. The minimum absolute atomic E-state index is 0.197. The average Bonchev–Trinajstić information content (AvgIpc) is 2.41. The number of aryl methyl sites for hydroxylation is 2. The number of ether oxygens (including phenoxy) is 1. The van der Waals surface area contributed by atoms with E-state index in [1.165, 1.54) is 0 Å². The van der Waals surface area contributed by atoms with Crippen LogP contribution in [0.3, 0.4) is 0 Å². The number of nitrogens with zero attached hydrogens (tertiary/aromatic N) is 1. The SMILES string of the molecule is C=C(COCCN(C)[S+]([O-])c1c(C)cc(O)cc1C)NC. The summed E-state index contributed by atoms with van der Waals surface area (Å²) in [6.07, 6.45) is 0. The molecule has 0 saturated carbocycles. The van der Waals surface area contributed by atoms with Gasteiger partial charge in [-0.15, -0.1) is 4.31 Å². The zero-order valence-corrected chi connectivity index (χ0v) is 13.9. The van der Waals surface area contributed by atoms with Gasteiger partial charge in [-0.1, -0.05) is 6.58 Å². The summed E-state index contributed by atoms with van der Waals surface area (Å²) >= 11 is -1.27. The number of phenolic OH excluding ortho intramolecular Hbond substituents is 1. The Bertz CT molecular complexity index is 471. The van der Waals surface area contributed by atoms with Crippen molar-refractivity contribution in [2.24, 2.45) is 0 Å². The fourth-order valence-electron chi connectivity index (χ4n) is 1.90. The summed E-state index contributed by atoms with van der Waals surface area (Å²) in [6.45, 7) is 8.92. The van der Waals surface area contributed by atoms with E-state index >= 15 is 0 Å². The minimum Gasteiger partial charge on any atom is -0.593 e. The van der Waals surface area contributed by atoms with E-state index in [9.17, 15) is 9.66 Å². The van der Waals surface area contributed by atoms with E-state index in [2.05, 4.69) is 11.9 Å². The molecule has 0 aliphatic heterocycles. The van der Waals surface area contributed by atoms with Gasteiger partial charge in [-0.2, -0.15) is 0 Å². The van der Waals surface area contributed by atoms with E-state index in [1.54, 1.807) is 30.5 Å². The molecule has 2 N–H and O–H groups in total. The zero-order valence-electron chi connectivity index (χ0n) is 13.1. The molecule has 0 spiro atoms. The summed E-state index contributed by atoms with van der Waals surface area (Å²) in [5.41, 5.74) is 2.45. The molecule has 0 aromatic heterocycles. The van der Waals surface area contributed by atoms with Crippen LogP contribution in [0.4, 0.5) is 0 Å². The van der Waals surface area contributed by atoms with Crippen LogP contribution >= 0.6 is 0 Å². The molecule has 0 bridgehead atoms. The Kier molecular flexibility index (Phi) is 7.04. The van der Waals surface area contributed by atoms with Crippen molar-refractivity contribution in [2.45, 2.75) is 18.7 Å². The van der Waals surface area contributed by atoms with Crippen LogP contribution in [-0.2, 0) is 16.1 Å². The molecule has 0 aliphatic carbocycles. The first-order chi connectivity index (χ1) is 9.86. The summed E-state index contributed by atoms with van der Waals surface area (Å²) in [4.78, 5) is 0.745. The Balaban J connectivity index is 2.58. The van der Waals surface area contributed by atoms with Gasteiger partial charge < -0.3 is 19.7 Å². The Labute approximate surface area is 129 Å². The van der Waals surface area contributed by atoms with Gasteiger partial charge in [0.15, 0.2) is 4.90 Å². The number of aromatic hydroxyl groups is 1. The molecule has 6 heteroatoms. The van der Waals surface area contributed by atoms with E-state index in [0.29, 0.717) is 19.8 Å². The molecule has 0 saturated heterocycles. The number of rotatable bonds is 8. The molecule has 1 unspecified atom stereocenters. The van der Waals surface area contributed by atoms with Crippen molar-refractivity contribution in [1.29, 1.82) is 0 Å². The van der Waals surface area contributed by atoms with Gasteiger partial charge in [-0.3, -0.25) is 0 Å². The molecule has 21 heavy (non-hydrogen) atoms. The monoisotopic (exact) mass is 312 g/mol. The highest BCUT2D eigenvalue weighted by Crippen LogP contribution is 2.26. The fourth-order valence-corrected chi connectivity index (χ4v) is 3.12. The second-order valence-corrected chi connectivity index (χ2v) is 6.45. The van der Waals surface area contributed by atoms with Crippen molar-refractivity contribution in [3.8, 4) is 5.75 Å². The van der Waals surface area contributed by atoms with E-state index in [1.807, 2.05) is 13.8 Å². The molecule has 5 nitrogen and oxygen atoms in total. The van der Waals surface area contributed by atoms with Crippen LogP contribution in [0.25, 0.3) is 0 Å². The van der Waals surface area contributed by atoms with Gasteiger partial charge in [-0.25, -0.2) is 0 Å². The smallest absolute Gasteiger partial charge is 0.180 e. The number of phenols is 1. The highest BCUT2D eigenvalue weighted by Gasteiger charge is 2.23. The second-order valence-electron chi connectivity index (χ2n) is 4.92. The first-order valence-corrected chi connectivity index (χ1v) is 7.84.